The first kappa shape index (κ1) is 14.2. The molecule has 21 heavy (non-hydrogen) atoms. The van der Waals surface area contributed by atoms with Crippen molar-refractivity contribution < 1.29 is 12.8 Å². The molecule has 0 saturated carbocycles. The van der Waals surface area contributed by atoms with Gasteiger partial charge in [-0.3, -0.25) is 4.98 Å². The summed E-state index contributed by atoms with van der Waals surface area (Å²) < 4.78 is 30.0. The minimum absolute atomic E-state index is 0.0829. The molecule has 8 heteroatoms. The molecule has 0 aliphatic carbocycles. The zero-order chi connectivity index (χ0) is 14.9. The number of piperidine rings is 1. The smallest absolute Gasteiger partial charge is 0.246 e. The van der Waals surface area contributed by atoms with Crippen molar-refractivity contribution in [2.45, 2.75) is 18.8 Å². The average molecular weight is 308 g/mol. The molecule has 2 aromatic heterocycles. The topological polar surface area (TPSA) is 89.2 Å². The van der Waals surface area contributed by atoms with Gasteiger partial charge in [-0.2, -0.15) is 0 Å². The van der Waals surface area contributed by atoms with Crippen LogP contribution >= 0.6 is 0 Å². The van der Waals surface area contributed by atoms with Crippen LogP contribution in [0.3, 0.4) is 0 Å². The van der Waals surface area contributed by atoms with Crippen molar-refractivity contribution in [3.05, 3.63) is 30.5 Å². The van der Waals surface area contributed by atoms with Gasteiger partial charge in [0.1, 0.15) is 12.0 Å². The fourth-order valence-electron chi connectivity index (χ4n) is 2.49. The van der Waals surface area contributed by atoms with E-state index in [1.54, 1.807) is 18.6 Å². The van der Waals surface area contributed by atoms with Crippen LogP contribution in [0.1, 0.15) is 24.5 Å². The van der Waals surface area contributed by atoms with Crippen molar-refractivity contribution in [2.24, 2.45) is 0 Å². The summed E-state index contributed by atoms with van der Waals surface area (Å²) in [7, 11) is -3.15. The van der Waals surface area contributed by atoms with Gasteiger partial charge in [0, 0.05) is 25.2 Å². The second-order valence-corrected chi connectivity index (χ2v) is 7.11. The van der Waals surface area contributed by atoms with Gasteiger partial charge < -0.3 is 4.42 Å². The van der Waals surface area contributed by atoms with E-state index in [0.717, 1.165) is 18.5 Å². The lowest BCUT2D eigenvalue weighted by Gasteiger charge is -2.30. The Kier molecular flexibility index (Phi) is 3.73. The molecule has 0 aromatic carbocycles. The SMILES string of the molecule is CS(=O)(=O)N1CCCC(c2cnc(-c3ncco3)cn2)C1. The summed E-state index contributed by atoms with van der Waals surface area (Å²) >= 11 is 0. The molecule has 1 unspecified atom stereocenters. The number of hydrogen-bond acceptors (Lipinski definition) is 6. The van der Waals surface area contributed by atoms with Gasteiger partial charge in [-0.05, 0) is 12.8 Å². The Balaban J connectivity index is 1.78. The van der Waals surface area contributed by atoms with Gasteiger partial charge in [-0.15, -0.1) is 0 Å². The highest BCUT2D eigenvalue weighted by Crippen LogP contribution is 2.27. The van der Waals surface area contributed by atoms with Gasteiger partial charge in [0.25, 0.3) is 0 Å². The highest BCUT2D eigenvalue weighted by Gasteiger charge is 2.27. The third-order valence-electron chi connectivity index (χ3n) is 3.59. The van der Waals surface area contributed by atoms with Gasteiger partial charge in [0.05, 0.1) is 24.3 Å². The maximum absolute atomic E-state index is 11.6. The molecule has 3 heterocycles. The van der Waals surface area contributed by atoms with Crippen LogP contribution in [0.2, 0.25) is 0 Å². The van der Waals surface area contributed by atoms with E-state index in [9.17, 15) is 8.42 Å². The molecule has 112 valence electrons. The van der Waals surface area contributed by atoms with Crippen LogP contribution in [0, 0.1) is 0 Å². The third-order valence-corrected chi connectivity index (χ3v) is 4.86. The van der Waals surface area contributed by atoms with Crippen LogP contribution < -0.4 is 0 Å². The Morgan fingerprint density at radius 2 is 2.14 bits per heavy atom. The first-order valence-electron chi connectivity index (χ1n) is 6.71. The molecule has 1 fully saturated rings. The molecule has 1 atom stereocenters. The molecule has 0 N–H and O–H groups in total. The summed E-state index contributed by atoms with van der Waals surface area (Å²) in [4.78, 5) is 12.7. The number of oxazole rings is 1. The predicted octanol–water partition coefficient (Wildman–Crippen LogP) is 1.27. The molecule has 1 aliphatic heterocycles. The number of aromatic nitrogens is 3. The lowest BCUT2D eigenvalue weighted by molar-refractivity contribution is 0.314. The maximum Gasteiger partial charge on any atom is 0.246 e. The molecule has 0 amide bonds. The lowest BCUT2D eigenvalue weighted by atomic mass is 9.96. The molecular formula is C13H16N4O3S. The number of hydrogen-bond donors (Lipinski definition) is 0. The summed E-state index contributed by atoms with van der Waals surface area (Å²) in [6.07, 6.45) is 9.31. The molecule has 7 nitrogen and oxygen atoms in total. The Labute approximate surface area is 123 Å². The fourth-order valence-corrected chi connectivity index (χ4v) is 3.41. The van der Waals surface area contributed by atoms with Crippen LogP contribution in [0.25, 0.3) is 11.6 Å². The summed E-state index contributed by atoms with van der Waals surface area (Å²) in [6, 6.07) is 0. The van der Waals surface area contributed by atoms with Crippen molar-refractivity contribution in [1.29, 1.82) is 0 Å². The van der Waals surface area contributed by atoms with Gasteiger partial charge in [0.2, 0.25) is 15.9 Å². The fraction of sp³-hybridized carbons (Fsp3) is 0.462. The van der Waals surface area contributed by atoms with Crippen molar-refractivity contribution in [3.8, 4) is 11.6 Å². The maximum atomic E-state index is 11.6. The predicted molar refractivity (Wildman–Crippen MR) is 75.9 cm³/mol. The highest BCUT2D eigenvalue weighted by molar-refractivity contribution is 7.88. The molecule has 2 aromatic rings. The van der Waals surface area contributed by atoms with Crippen molar-refractivity contribution in [1.82, 2.24) is 19.3 Å². The standard InChI is InChI=1S/C13H16N4O3S/c1-21(18,19)17-5-2-3-10(9-17)11-7-16-12(8-15-11)13-14-4-6-20-13/h4,6-8,10H,2-3,5,9H2,1H3. The molecule has 0 radical (unpaired) electrons. The van der Waals surface area contributed by atoms with Crippen LogP contribution in [0.4, 0.5) is 0 Å². The van der Waals surface area contributed by atoms with Gasteiger partial charge >= 0.3 is 0 Å². The minimum Gasteiger partial charge on any atom is -0.443 e. The molecule has 0 spiro atoms. The van der Waals surface area contributed by atoms with E-state index in [4.69, 9.17) is 4.42 Å². The van der Waals surface area contributed by atoms with Crippen LogP contribution in [-0.2, 0) is 10.0 Å². The third kappa shape index (κ3) is 3.11. The van der Waals surface area contributed by atoms with E-state index in [-0.39, 0.29) is 5.92 Å². The molecule has 3 rings (SSSR count). The van der Waals surface area contributed by atoms with Gasteiger partial charge in [-0.1, -0.05) is 0 Å². The van der Waals surface area contributed by atoms with E-state index in [0.29, 0.717) is 24.7 Å². The van der Waals surface area contributed by atoms with Gasteiger partial charge in [-0.25, -0.2) is 22.7 Å². The van der Waals surface area contributed by atoms with Crippen molar-refractivity contribution in [3.63, 3.8) is 0 Å². The molecule has 1 aliphatic rings. The van der Waals surface area contributed by atoms with Crippen LogP contribution in [-0.4, -0.2) is 47.0 Å². The van der Waals surface area contributed by atoms with Crippen molar-refractivity contribution >= 4 is 10.0 Å². The summed E-state index contributed by atoms with van der Waals surface area (Å²) in [5, 5.41) is 0. The first-order valence-corrected chi connectivity index (χ1v) is 8.56. The number of rotatable bonds is 3. The Bertz CT molecular complexity index is 698. The lowest BCUT2D eigenvalue weighted by Crippen LogP contribution is -2.38. The summed E-state index contributed by atoms with van der Waals surface area (Å²) in [5.41, 5.74) is 1.37. The average Bonchev–Trinajstić information content (AvgIpc) is 3.01. The monoisotopic (exact) mass is 308 g/mol. The molecule has 1 saturated heterocycles. The van der Waals surface area contributed by atoms with E-state index in [2.05, 4.69) is 15.0 Å². The summed E-state index contributed by atoms with van der Waals surface area (Å²) in [6.45, 7) is 1.04. The van der Waals surface area contributed by atoms with Gasteiger partial charge in [0.15, 0.2) is 0 Å². The van der Waals surface area contributed by atoms with E-state index >= 15 is 0 Å². The molecule has 0 bridgehead atoms. The second kappa shape index (κ2) is 5.53. The second-order valence-electron chi connectivity index (χ2n) is 5.12. The minimum atomic E-state index is -3.15. The zero-order valence-corrected chi connectivity index (χ0v) is 12.5. The largest absolute Gasteiger partial charge is 0.443 e. The first-order chi connectivity index (χ1) is 10.0. The van der Waals surface area contributed by atoms with Crippen LogP contribution in [0.5, 0.6) is 0 Å². The number of sulfonamides is 1. The Morgan fingerprint density at radius 1 is 1.29 bits per heavy atom. The van der Waals surface area contributed by atoms with E-state index < -0.39 is 10.0 Å². The van der Waals surface area contributed by atoms with Crippen molar-refractivity contribution in [2.75, 3.05) is 19.3 Å². The zero-order valence-electron chi connectivity index (χ0n) is 11.6. The molecular weight excluding hydrogens is 292 g/mol. The quantitative estimate of drug-likeness (QED) is 0.848. The normalized spacial score (nSPS) is 20.5. The van der Waals surface area contributed by atoms with E-state index in [1.165, 1.54) is 16.8 Å². The van der Waals surface area contributed by atoms with E-state index in [1.807, 2.05) is 0 Å². The highest BCUT2D eigenvalue weighted by atomic mass is 32.2. The number of nitrogens with zero attached hydrogens (tertiary/aromatic N) is 4. The Hall–Kier alpha value is -1.80. The Morgan fingerprint density at radius 3 is 2.76 bits per heavy atom. The van der Waals surface area contributed by atoms with Crippen LogP contribution in [0.15, 0.2) is 29.3 Å². The summed E-state index contributed by atoms with van der Waals surface area (Å²) in [5.74, 6) is 0.509.